The number of anilines is 1. The van der Waals surface area contributed by atoms with Crippen LogP contribution in [-0.2, 0) is 0 Å². The molecule has 2 aliphatic carbocycles. The number of rotatable bonds is 0. The van der Waals surface area contributed by atoms with E-state index in [-0.39, 0.29) is 11.6 Å². The maximum Gasteiger partial charge on any atom is 0.143 e. The van der Waals surface area contributed by atoms with Gasteiger partial charge >= 0.3 is 0 Å². The van der Waals surface area contributed by atoms with Crippen LogP contribution in [0.1, 0.15) is 17.0 Å². The van der Waals surface area contributed by atoms with Crippen molar-refractivity contribution in [1.82, 2.24) is 0 Å². The molecule has 3 atom stereocenters. The second-order valence-corrected chi connectivity index (χ2v) is 5.53. The van der Waals surface area contributed by atoms with Gasteiger partial charge in [-0.2, -0.15) is 0 Å². The molecular weight excluding hydrogens is 234 g/mol. The van der Waals surface area contributed by atoms with Crippen LogP contribution in [0.5, 0.6) is 5.75 Å². The molecule has 2 nitrogen and oxygen atoms in total. The lowest BCUT2D eigenvalue weighted by Gasteiger charge is -2.26. The van der Waals surface area contributed by atoms with Gasteiger partial charge in [0.25, 0.3) is 0 Å². The van der Waals surface area contributed by atoms with Crippen molar-refractivity contribution in [2.75, 3.05) is 5.32 Å². The molecule has 1 aliphatic heterocycles. The Balaban J connectivity index is 1.65. The van der Waals surface area contributed by atoms with E-state index in [1.165, 1.54) is 11.1 Å². The fourth-order valence-corrected chi connectivity index (χ4v) is 3.57. The molecule has 2 aromatic rings. The highest BCUT2D eigenvalue weighted by atomic mass is 16.5. The maximum absolute atomic E-state index is 6.19. The van der Waals surface area contributed by atoms with Crippen LogP contribution in [-0.4, -0.2) is 11.6 Å². The average Bonchev–Trinajstić information content (AvgIpc) is 3.13. The normalized spacial score (nSPS) is 32.0. The predicted molar refractivity (Wildman–Crippen MR) is 75.4 cm³/mol. The molecule has 1 N–H and O–H groups in total. The molecule has 0 saturated heterocycles. The van der Waals surface area contributed by atoms with Crippen LogP contribution in [0.25, 0.3) is 6.08 Å². The van der Waals surface area contributed by atoms with Crippen molar-refractivity contribution in [2.24, 2.45) is 0 Å². The first-order chi connectivity index (χ1) is 9.38. The van der Waals surface area contributed by atoms with E-state index in [0.717, 1.165) is 11.4 Å². The van der Waals surface area contributed by atoms with Crippen molar-refractivity contribution in [3.63, 3.8) is 0 Å². The topological polar surface area (TPSA) is 21.3 Å². The van der Waals surface area contributed by atoms with Crippen LogP contribution in [0.15, 0.2) is 54.6 Å². The second-order valence-electron chi connectivity index (χ2n) is 5.53. The van der Waals surface area contributed by atoms with Gasteiger partial charge in [0, 0.05) is 0 Å². The largest absolute Gasteiger partial charge is 0.485 e. The van der Waals surface area contributed by atoms with Gasteiger partial charge in [0.15, 0.2) is 0 Å². The highest BCUT2D eigenvalue weighted by molar-refractivity contribution is 5.74. The second kappa shape index (κ2) is 3.02. The van der Waals surface area contributed by atoms with E-state index in [4.69, 9.17) is 4.74 Å². The molecule has 19 heavy (non-hydrogen) atoms. The smallest absolute Gasteiger partial charge is 0.143 e. The van der Waals surface area contributed by atoms with Crippen LogP contribution in [0, 0.1) is 0 Å². The minimum Gasteiger partial charge on any atom is -0.485 e. The third-order valence-corrected chi connectivity index (χ3v) is 4.54. The molecule has 0 amide bonds. The van der Waals surface area contributed by atoms with Gasteiger partial charge in [0.2, 0.25) is 0 Å². The van der Waals surface area contributed by atoms with E-state index >= 15 is 0 Å². The summed E-state index contributed by atoms with van der Waals surface area (Å²) in [7, 11) is 0. The van der Waals surface area contributed by atoms with Crippen molar-refractivity contribution in [3.05, 3.63) is 65.7 Å². The van der Waals surface area contributed by atoms with Gasteiger partial charge in [-0.1, -0.05) is 48.6 Å². The van der Waals surface area contributed by atoms with Gasteiger partial charge in [-0.25, -0.2) is 0 Å². The lowest BCUT2D eigenvalue weighted by Crippen LogP contribution is -2.31. The Kier molecular flexibility index (Phi) is 1.54. The number of para-hydroxylation sites is 2. The van der Waals surface area contributed by atoms with Gasteiger partial charge in [-0.05, 0) is 23.3 Å². The third-order valence-electron chi connectivity index (χ3n) is 4.54. The average molecular weight is 247 g/mol. The number of nitrogens with one attached hydrogen (secondary N) is 1. The molecular formula is C17H13NO. The summed E-state index contributed by atoms with van der Waals surface area (Å²) in [5.74, 6) is 1.40. The fourth-order valence-electron chi connectivity index (χ4n) is 3.57. The molecule has 0 aromatic heterocycles. The quantitative estimate of drug-likeness (QED) is 0.770. The number of hydrogen-bond donors (Lipinski definition) is 1. The summed E-state index contributed by atoms with van der Waals surface area (Å²) < 4.78 is 6.19. The summed E-state index contributed by atoms with van der Waals surface area (Å²) in [6, 6.07) is 16.8. The highest BCUT2D eigenvalue weighted by Crippen LogP contribution is 2.62. The number of benzene rings is 2. The Hall–Kier alpha value is -2.22. The highest BCUT2D eigenvalue weighted by Gasteiger charge is 2.69. The summed E-state index contributed by atoms with van der Waals surface area (Å²) in [5.41, 5.74) is 3.80. The SMILES string of the molecule is C1=C[C@]23Nc4ccccc4OC2C3c2ccccc21. The lowest BCUT2D eigenvalue weighted by atomic mass is 9.94. The molecule has 1 saturated carbocycles. The molecule has 1 fully saturated rings. The molecule has 2 heteroatoms. The van der Waals surface area contributed by atoms with Crippen LogP contribution in [0.4, 0.5) is 5.69 Å². The number of fused-ring (bicyclic) bond motifs is 4. The minimum atomic E-state index is -0.0251. The van der Waals surface area contributed by atoms with E-state index in [1.54, 1.807) is 0 Å². The van der Waals surface area contributed by atoms with Gasteiger partial charge in [-0.3, -0.25) is 0 Å². The third kappa shape index (κ3) is 1.08. The van der Waals surface area contributed by atoms with Gasteiger partial charge in [0.1, 0.15) is 17.4 Å². The Morgan fingerprint density at radius 3 is 2.84 bits per heavy atom. The number of hydrogen-bond acceptors (Lipinski definition) is 2. The zero-order valence-corrected chi connectivity index (χ0v) is 10.3. The van der Waals surface area contributed by atoms with Crippen molar-refractivity contribution < 1.29 is 4.74 Å². The van der Waals surface area contributed by atoms with Crippen molar-refractivity contribution in [3.8, 4) is 5.75 Å². The summed E-state index contributed by atoms with van der Waals surface area (Å²) >= 11 is 0. The van der Waals surface area contributed by atoms with Crippen molar-refractivity contribution in [2.45, 2.75) is 17.6 Å². The van der Waals surface area contributed by atoms with Crippen LogP contribution < -0.4 is 10.1 Å². The fraction of sp³-hybridized carbons (Fsp3) is 0.176. The van der Waals surface area contributed by atoms with Crippen LogP contribution in [0.3, 0.4) is 0 Å². The van der Waals surface area contributed by atoms with Crippen molar-refractivity contribution in [1.29, 1.82) is 0 Å². The van der Waals surface area contributed by atoms with Crippen LogP contribution >= 0.6 is 0 Å². The zero-order valence-electron chi connectivity index (χ0n) is 10.3. The Labute approximate surface area is 111 Å². The molecule has 92 valence electrons. The van der Waals surface area contributed by atoms with Gasteiger partial charge < -0.3 is 10.1 Å². The van der Waals surface area contributed by atoms with E-state index in [9.17, 15) is 0 Å². The van der Waals surface area contributed by atoms with Crippen molar-refractivity contribution >= 4 is 11.8 Å². The van der Waals surface area contributed by atoms with Gasteiger partial charge in [0.05, 0.1) is 11.6 Å². The summed E-state index contributed by atoms with van der Waals surface area (Å²) in [6.07, 6.45) is 4.72. The van der Waals surface area contributed by atoms with E-state index in [0.29, 0.717) is 5.92 Å². The Morgan fingerprint density at radius 1 is 1.00 bits per heavy atom. The predicted octanol–water partition coefficient (Wildman–Crippen LogP) is 3.42. The van der Waals surface area contributed by atoms with E-state index < -0.39 is 0 Å². The molecule has 0 radical (unpaired) electrons. The standard InChI is InChI=1S/C17H13NO/c1-2-6-12-11(5-1)9-10-17-15(12)16(17)19-14-8-4-3-7-13(14)18-17/h1-10,15-16,18H/t15?,16?,17-/m1/s1. The lowest BCUT2D eigenvalue weighted by molar-refractivity contribution is 0.276. The molecule has 1 heterocycles. The van der Waals surface area contributed by atoms with E-state index in [2.05, 4.69) is 47.8 Å². The van der Waals surface area contributed by atoms with E-state index in [1.807, 2.05) is 18.2 Å². The molecule has 3 aliphatic rings. The monoisotopic (exact) mass is 247 g/mol. The van der Waals surface area contributed by atoms with Gasteiger partial charge in [-0.15, -0.1) is 0 Å². The Morgan fingerprint density at radius 2 is 1.84 bits per heavy atom. The molecule has 1 spiro atoms. The maximum atomic E-state index is 6.19. The molecule has 2 aromatic carbocycles. The first-order valence-corrected chi connectivity index (χ1v) is 6.70. The first kappa shape index (κ1) is 9.68. The summed E-state index contributed by atoms with van der Waals surface area (Å²) in [5, 5.41) is 3.68. The zero-order chi connectivity index (χ0) is 12.4. The van der Waals surface area contributed by atoms with Crippen LogP contribution in [0.2, 0.25) is 0 Å². The molecule has 2 unspecified atom stereocenters. The minimum absolute atomic E-state index is 0.0251. The summed E-state index contributed by atoms with van der Waals surface area (Å²) in [4.78, 5) is 0. The number of ether oxygens (including phenoxy) is 1. The summed E-state index contributed by atoms with van der Waals surface area (Å²) in [6.45, 7) is 0. The Bertz CT molecular complexity index is 721. The molecule has 0 bridgehead atoms. The first-order valence-electron chi connectivity index (χ1n) is 6.70. The molecule has 5 rings (SSSR count).